The molecule has 2 unspecified atom stereocenters. The maximum Gasteiger partial charge on any atom is 0.243 e. The van der Waals surface area contributed by atoms with Crippen LogP contribution in [-0.2, 0) is 29.5 Å². The number of carbonyl (C=O) groups is 1. The monoisotopic (exact) mass is 620 g/mol. The van der Waals surface area contributed by atoms with Gasteiger partial charge >= 0.3 is 0 Å². The fourth-order valence-electron chi connectivity index (χ4n) is 4.79. The van der Waals surface area contributed by atoms with Gasteiger partial charge in [0.2, 0.25) is 20.0 Å². The second-order valence-corrected chi connectivity index (χ2v) is 14.7. The van der Waals surface area contributed by atoms with Gasteiger partial charge in [0.1, 0.15) is 0 Å². The molecule has 0 spiro atoms. The number of carbonyl (C=O) groups excluding carboxylic acids is 1. The molecule has 1 aromatic heterocycles. The van der Waals surface area contributed by atoms with Gasteiger partial charge in [0.05, 0.1) is 47.5 Å². The Bertz CT molecular complexity index is 1590. The molecule has 0 amide bonds. The van der Waals surface area contributed by atoms with Crippen molar-refractivity contribution in [2.24, 2.45) is 0 Å². The van der Waals surface area contributed by atoms with Crippen LogP contribution in [-0.4, -0.2) is 94.4 Å². The summed E-state index contributed by atoms with van der Waals surface area (Å²) in [4.78, 5) is 17.7. The molecule has 0 bridgehead atoms. The van der Waals surface area contributed by atoms with Gasteiger partial charge in [-0.2, -0.15) is 8.61 Å². The van der Waals surface area contributed by atoms with Crippen molar-refractivity contribution < 1.29 is 31.1 Å². The Kier molecular flexibility index (Phi) is 8.90. The molecule has 2 aromatic carbocycles. The molecule has 41 heavy (non-hydrogen) atoms. The minimum atomic E-state index is -3.77. The van der Waals surface area contributed by atoms with Gasteiger partial charge in [0.15, 0.2) is 10.9 Å². The number of ketones is 1. The number of rotatable bonds is 9. The highest BCUT2D eigenvalue weighted by Gasteiger charge is 2.32. The molecular formula is C27H32N4O7S3. The Hall–Kier alpha value is -2.72. The summed E-state index contributed by atoms with van der Waals surface area (Å²) < 4.78 is 65.9. The van der Waals surface area contributed by atoms with Crippen molar-refractivity contribution in [2.45, 2.75) is 35.8 Å². The number of anilines is 1. The van der Waals surface area contributed by atoms with Crippen LogP contribution in [0.2, 0.25) is 0 Å². The maximum absolute atomic E-state index is 13.2. The summed E-state index contributed by atoms with van der Waals surface area (Å²) in [5.41, 5.74) is 1.66. The quantitative estimate of drug-likeness (QED) is 0.358. The third-order valence-corrected chi connectivity index (χ3v) is 11.4. The van der Waals surface area contributed by atoms with Gasteiger partial charge in [0, 0.05) is 42.7 Å². The van der Waals surface area contributed by atoms with E-state index in [1.54, 1.807) is 36.4 Å². The molecule has 2 fully saturated rings. The first-order valence-corrected chi connectivity index (χ1v) is 17.0. The number of ether oxygens (including phenoxy) is 2. The number of morpholine rings is 2. The van der Waals surface area contributed by atoms with Crippen LogP contribution < -0.4 is 5.32 Å². The average Bonchev–Trinajstić information content (AvgIpc) is 3.45. The standard InChI is InChI=1S/C27H32N4O7S3/c1-19-16-31(17-20(2)38-19)41(35,36)24-5-3-4-22(14-24)26(32)15-28-27-29-25(18-39-27)21-6-8-23(9-7-21)40(33,34)30-10-12-37-13-11-30/h3-9,14,18-20H,10-13,15-17H2,1-2H3,(H,28,29). The molecular weight excluding hydrogens is 589 g/mol. The SMILES string of the molecule is CC1CN(S(=O)(=O)c2cccc(C(=O)CNc3nc(-c4ccc(S(=O)(=O)N5CCOCC5)cc4)cs3)c2)CC(C)O1. The van der Waals surface area contributed by atoms with Crippen molar-refractivity contribution in [3.8, 4) is 11.3 Å². The summed E-state index contributed by atoms with van der Waals surface area (Å²) in [5, 5.41) is 5.34. The Morgan fingerprint density at radius 1 is 0.951 bits per heavy atom. The van der Waals surface area contributed by atoms with Crippen molar-refractivity contribution >= 4 is 42.3 Å². The van der Waals surface area contributed by atoms with E-state index in [0.29, 0.717) is 37.1 Å². The molecule has 11 nitrogen and oxygen atoms in total. The van der Waals surface area contributed by atoms with Gasteiger partial charge in [-0.1, -0.05) is 24.3 Å². The summed E-state index contributed by atoms with van der Waals surface area (Å²) in [5.74, 6) is -0.278. The van der Waals surface area contributed by atoms with Crippen LogP contribution in [0, 0.1) is 0 Å². The largest absolute Gasteiger partial charge is 0.379 e. The molecule has 0 aliphatic carbocycles. The van der Waals surface area contributed by atoms with Gasteiger partial charge in [-0.05, 0) is 38.1 Å². The van der Waals surface area contributed by atoms with E-state index in [4.69, 9.17) is 9.47 Å². The lowest BCUT2D eigenvalue weighted by Crippen LogP contribution is -2.48. The third-order valence-electron chi connectivity index (χ3n) is 6.84. The van der Waals surface area contributed by atoms with Crippen molar-refractivity contribution in [1.29, 1.82) is 0 Å². The molecule has 3 heterocycles. The Morgan fingerprint density at radius 2 is 1.61 bits per heavy atom. The number of hydrogen-bond donors (Lipinski definition) is 1. The van der Waals surface area contributed by atoms with E-state index in [9.17, 15) is 21.6 Å². The summed E-state index contributed by atoms with van der Waals surface area (Å²) in [7, 11) is -7.36. The number of aromatic nitrogens is 1. The summed E-state index contributed by atoms with van der Waals surface area (Å²) in [6, 6.07) is 12.6. The summed E-state index contributed by atoms with van der Waals surface area (Å²) in [6.07, 6.45) is -0.432. The van der Waals surface area contributed by atoms with Gasteiger partial charge in [0.25, 0.3) is 0 Å². The lowest BCUT2D eigenvalue weighted by atomic mass is 10.1. The number of Topliss-reactive ketones (excluding diaryl/α,β-unsaturated/α-hetero) is 1. The first-order chi connectivity index (χ1) is 19.5. The number of sulfonamides is 2. The van der Waals surface area contributed by atoms with Crippen molar-refractivity contribution in [1.82, 2.24) is 13.6 Å². The molecule has 2 aliphatic heterocycles. The minimum Gasteiger partial charge on any atom is -0.379 e. The fourth-order valence-corrected chi connectivity index (χ4v) is 8.55. The average molecular weight is 621 g/mol. The normalized spacial score (nSPS) is 21.0. The van der Waals surface area contributed by atoms with Gasteiger partial charge in [-0.25, -0.2) is 21.8 Å². The Labute approximate surface area is 244 Å². The molecule has 1 N–H and O–H groups in total. The van der Waals surface area contributed by atoms with E-state index >= 15 is 0 Å². The molecule has 2 atom stereocenters. The molecule has 14 heteroatoms. The van der Waals surface area contributed by atoms with Crippen molar-refractivity contribution in [2.75, 3.05) is 51.3 Å². The molecule has 2 aliphatic rings. The summed E-state index contributed by atoms with van der Waals surface area (Å²) >= 11 is 1.31. The van der Waals surface area contributed by atoms with E-state index in [1.807, 2.05) is 19.2 Å². The molecule has 5 rings (SSSR count). The zero-order chi connectivity index (χ0) is 29.2. The van der Waals surface area contributed by atoms with E-state index in [0.717, 1.165) is 5.56 Å². The lowest BCUT2D eigenvalue weighted by molar-refractivity contribution is -0.0440. The Morgan fingerprint density at radius 3 is 2.29 bits per heavy atom. The van der Waals surface area contributed by atoms with Crippen LogP contribution in [0.3, 0.4) is 0 Å². The topological polar surface area (TPSA) is 135 Å². The number of benzene rings is 2. The van der Waals surface area contributed by atoms with Gasteiger partial charge in [-0.15, -0.1) is 11.3 Å². The first-order valence-electron chi connectivity index (χ1n) is 13.2. The highest BCUT2D eigenvalue weighted by molar-refractivity contribution is 7.89. The molecule has 3 aromatic rings. The lowest BCUT2D eigenvalue weighted by Gasteiger charge is -2.34. The first kappa shape index (κ1) is 29.8. The third kappa shape index (κ3) is 6.69. The van der Waals surface area contributed by atoms with Crippen LogP contribution in [0.15, 0.2) is 63.7 Å². The predicted octanol–water partition coefficient (Wildman–Crippen LogP) is 2.92. The van der Waals surface area contributed by atoms with E-state index in [-0.39, 0.29) is 53.0 Å². The predicted molar refractivity (Wildman–Crippen MR) is 155 cm³/mol. The number of hydrogen-bond acceptors (Lipinski definition) is 10. The molecule has 0 radical (unpaired) electrons. The summed E-state index contributed by atoms with van der Waals surface area (Å²) in [6.45, 7) is 5.53. The highest BCUT2D eigenvalue weighted by Crippen LogP contribution is 2.27. The van der Waals surface area contributed by atoms with E-state index < -0.39 is 20.0 Å². The van der Waals surface area contributed by atoms with Crippen molar-refractivity contribution in [3.05, 3.63) is 59.5 Å². The number of nitrogens with zero attached hydrogens (tertiary/aromatic N) is 3. The van der Waals surface area contributed by atoms with Crippen LogP contribution in [0.5, 0.6) is 0 Å². The fraction of sp³-hybridized carbons (Fsp3) is 0.407. The zero-order valence-electron chi connectivity index (χ0n) is 22.7. The van der Waals surface area contributed by atoms with E-state index in [2.05, 4.69) is 10.3 Å². The second-order valence-electron chi connectivity index (χ2n) is 9.96. The molecule has 220 valence electrons. The number of thiazole rings is 1. The van der Waals surface area contributed by atoms with Gasteiger partial charge in [-0.3, -0.25) is 4.79 Å². The maximum atomic E-state index is 13.2. The zero-order valence-corrected chi connectivity index (χ0v) is 25.2. The van der Waals surface area contributed by atoms with E-state index in [1.165, 1.54) is 32.1 Å². The van der Waals surface area contributed by atoms with Gasteiger partial charge < -0.3 is 14.8 Å². The van der Waals surface area contributed by atoms with Crippen LogP contribution >= 0.6 is 11.3 Å². The smallest absolute Gasteiger partial charge is 0.243 e. The molecule has 0 saturated carbocycles. The van der Waals surface area contributed by atoms with Crippen molar-refractivity contribution in [3.63, 3.8) is 0 Å². The van der Waals surface area contributed by atoms with Crippen LogP contribution in [0.4, 0.5) is 5.13 Å². The van der Waals surface area contributed by atoms with Crippen LogP contribution in [0.25, 0.3) is 11.3 Å². The minimum absolute atomic E-state index is 0.0697. The molecule has 2 saturated heterocycles. The second kappa shape index (κ2) is 12.3. The Balaban J connectivity index is 1.22. The number of nitrogens with one attached hydrogen (secondary N) is 1. The highest BCUT2D eigenvalue weighted by atomic mass is 32.2. The van der Waals surface area contributed by atoms with Crippen LogP contribution in [0.1, 0.15) is 24.2 Å².